The van der Waals surface area contributed by atoms with Crippen molar-refractivity contribution in [3.63, 3.8) is 0 Å². The maximum absolute atomic E-state index is 12.6. The van der Waals surface area contributed by atoms with Crippen LogP contribution < -0.4 is 14.8 Å². The number of aromatic nitrogens is 1. The third kappa shape index (κ3) is 4.34. The Labute approximate surface area is 184 Å². The first kappa shape index (κ1) is 21.1. The second kappa shape index (κ2) is 8.55. The fraction of sp³-hybridized carbons (Fsp3) is 0.348. The molecule has 1 atom stereocenters. The standard InChI is InChI=1S/C23H24N2O5S/c1-4-23(3)12-16-17(29-13-23)11-15-18(19(21(26)28-5-2)31-20(15)24-16)25-22(27)30-14-9-7-6-8-10-14/h6-11H,4-5,12-13H2,1-3H3,(H,25,27). The number of carbonyl (C=O) groups excluding carboxylic acids is 2. The number of anilines is 1. The number of nitrogens with zero attached hydrogens (tertiary/aromatic N) is 1. The number of para-hydroxylation sites is 1. The fourth-order valence-corrected chi connectivity index (χ4v) is 4.44. The minimum atomic E-state index is -0.700. The van der Waals surface area contributed by atoms with Crippen molar-refractivity contribution in [3.05, 3.63) is 47.0 Å². The molecule has 0 fully saturated rings. The molecule has 1 unspecified atom stereocenters. The molecular weight excluding hydrogens is 416 g/mol. The number of benzene rings is 1. The van der Waals surface area contributed by atoms with E-state index >= 15 is 0 Å². The first-order valence-corrected chi connectivity index (χ1v) is 11.0. The Morgan fingerprint density at radius 1 is 1.26 bits per heavy atom. The first-order chi connectivity index (χ1) is 14.9. The van der Waals surface area contributed by atoms with Crippen LogP contribution in [0.25, 0.3) is 10.2 Å². The van der Waals surface area contributed by atoms with Crippen molar-refractivity contribution < 1.29 is 23.8 Å². The van der Waals surface area contributed by atoms with E-state index in [0.717, 1.165) is 18.5 Å². The van der Waals surface area contributed by atoms with E-state index < -0.39 is 12.1 Å². The summed E-state index contributed by atoms with van der Waals surface area (Å²) >= 11 is 1.19. The van der Waals surface area contributed by atoms with Gasteiger partial charge in [-0.3, -0.25) is 5.32 Å². The summed E-state index contributed by atoms with van der Waals surface area (Å²) in [6.45, 7) is 6.86. The topological polar surface area (TPSA) is 86.8 Å². The number of amides is 1. The van der Waals surface area contributed by atoms with Gasteiger partial charge in [-0.2, -0.15) is 0 Å². The summed E-state index contributed by atoms with van der Waals surface area (Å²) in [7, 11) is 0. The lowest BCUT2D eigenvalue weighted by Crippen LogP contribution is -2.31. The van der Waals surface area contributed by atoms with Gasteiger partial charge in [-0.25, -0.2) is 14.6 Å². The molecule has 0 spiro atoms. The summed E-state index contributed by atoms with van der Waals surface area (Å²) in [4.78, 5) is 30.8. The molecule has 2 aromatic heterocycles. The van der Waals surface area contributed by atoms with Gasteiger partial charge in [0.1, 0.15) is 21.2 Å². The van der Waals surface area contributed by atoms with Crippen LogP contribution in [0.15, 0.2) is 36.4 Å². The van der Waals surface area contributed by atoms with E-state index in [9.17, 15) is 9.59 Å². The number of pyridine rings is 1. The normalized spacial score (nSPS) is 17.5. The van der Waals surface area contributed by atoms with Crippen LogP contribution in [0.4, 0.5) is 10.5 Å². The van der Waals surface area contributed by atoms with Crippen molar-refractivity contribution in [2.75, 3.05) is 18.5 Å². The molecule has 31 heavy (non-hydrogen) atoms. The van der Waals surface area contributed by atoms with Crippen LogP contribution in [-0.4, -0.2) is 30.3 Å². The van der Waals surface area contributed by atoms with Gasteiger partial charge >= 0.3 is 12.1 Å². The molecule has 7 nitrogen and oxygen atoms in total. The molecule has 0 saturated heterocycles. The second-order valence-corrected chi connectivity index (χ2v) is 8.77. The largest absolute Gasteiger partial charge is 0.491 e. The number of ether oxygens (including phenoxy) is 3. The monoisotopic (exact) mass is 440 g/mol. The zero-order valence-electron chi connectivity index (χ0n) is 17.7. The van der Waals surface area contributed by atoms with Crippen molar-refractivity contribution in [1.82, 2.24) is 4.98 Å². The minimum absolute atomic E-state index is 0.0233. The smallest absolute Gasteiger partial charge is 0.417 e. The highest BCUT2D eigenvalue weighted by Crippen LogP contribution is 2.42. The van der Waals surface area contributed by atoms with Crippen molar-refractivity contribution >= 4 is 39.3 Å². The molecule has 0 bridgehead atoms. The number of rotatable bonds is 5. The van der Waals surface area contributed by atoms with Crippen molar-refractivity contribution in [2.24, 2.45) is 5.41 Å². The van der Waals surface area contributed by atoms with Crippen LogP contribution in [0.1, 0.15) is 42.6 Å². The third-order valence-corrected chi connectivity index (χ3v) is 6.47. The Bertz CT molecular complexity index is 1130. The predicted molar refractivity (Wildman–Crippen MR) is 119 cm³/mol. The SMILES string of the molecule is CCOC(=O)c1sc2nc3c(cc2c1NC(=O)Oc1ccccc1)OCC(C)(CC)C3. The van der Waals surface area contributed by atoms with Gasteiger partial charge in [0.05, 0.1) is 24.6 Å². The fourth-order valence-electron chi connectivity index (χ4n) is 3.41. The Morgan fingerprint density at radius 3 is 2.74 bits per heavy atom. The maximum Gasteiger partial charge on any atom is 0.417 e. The molecule has 1 aliphatic rings. The zero-order valence-corrected chi connectivity index (χ0v) is 18.5. The van der Waals surface area contributed by atoms with Gasteiger partial charge in [0.2, 0.25) is 0 Å². The molecule has 0 aliphatic carbocycles. The number of fused-ring (bicyclic) bond motifs is 2. The average Bonchev–Trinajstić information content (AvgIpc) is 3.10. The molecule has 3 aromatic rings. The molecule has 1 amide bonds. The third-order valence-electron chi connectivity index (χ3n) is 5.39. The molecule has 1 aliphatic heterocycles. The summed E-state index contributed by atoms with van der Waals surface area (Å²) in [6.07, 6.45) is 1.07. The van der Waals surface area contributed by atoms with E-state index in [2.05, 4.69) is 19.2 Å². The lowest BCUT2D eigenvalue weighted by atomic mass is 9.82. The lowest BCUT2D eigenvalue weighted by Gasteiger charge is -2.33. The minimum Gasteiger partial charge on any atom is -0.491 e. The van der Waals surface area contributed by atoms with E-state index in [1.54, 1.807) is 31.2 Å². The molecule has 1 N–H and O–H groups in total. The summed E-state index contributed by atoms with van der Waals surface area (Å²) < 4.78 is 16.5. The molecule has 1 aromatic carbocycles. The van der Waals surface area contributed by atoms with Crippen LogP contribution in [-0.2, 0) is 11.2 Å². The van der Waals surface area contributed by atoms with E-state index in [-0.39, 0.29) is 16.9 Å². The quantitative estimate of drug-likeness (QED) is 0.532. The highest BCUT2D eigenvalue weighted by molar-refractivity contribution is 7.21. The maximum atomic E-state index is 12.6. The van der Waals surface area contributed by atoms with Crippen LogP contribution >= 0.6 is 11.3 Å². The molecule has 3 heterocycles. The van der Waals surface area contributed by atoms with Crippen LogP contribution in [0.5, 0.6) is 11.5 Å². The van der Waals surface area contributed by atoms with E-state index in [4.69, 9.17) is 19.2 Å². The van der Waals surface area contributed by atoms with Gasteiger partial charge in [0, 0.05) is 17.2 Å². The van der Waals surface area contributed by atoms with Crippen LogP contribution in [0.3, 0.4) is 0 Å². The Hall–Kier alpha value is -3.13. The van der Waals surface area contributed by atoms with Crippen LogP contribution in [0, 0.1) is 5.41 Å². The van der Waals surface area contributed by atoms with Gasteiger partial charge in [0.15, 0.2) is 0 Å². The average molecular weight is 441 g/mol. The van der Waals surface area contributed by atoms with Gasteiger partial charge in [-0.05, 0) is 31.5 Å². The van der Waals surface area contributed by atoms with Crippen LogP contribution in [0.2, 0.25) is 0 Å². The summed E-state index contributed by atoms with van der Waals surface area (Å²) in [6, 6.07) is 10.6. The molecule has 4 rings (SSSR count). The first-order valence-electron chi connectivity index (χ1n) is 10.2. The highest BCUT2D eigenvalue weighted by Gasteiger charge is 2.32. The predicted octanol–water partition coefficient (Wildman–Crippen LogP) is 5.44. The number of nitrogens with one attached hydrogen (secondary N) is 1. The summed E-state index contributed by atoms with van der Waals surface area (Å²) in [5.41, 5.74) is 1.20. The number of hydrogen-bond donors (Lipinski definition) is 1. The number of esters is 1. The van der Waals surface area contributed by atoms with Crippen molar-refractivity contribution in [1.29, 1.82) is 0 Å². The van der Waals surface area contributed by atoms with E-state index in [1.165, 1.54) is 11.3 Å². The summed E-state index contributed by atoms with van der Waals surface area (Å²) in [5, 5.41) is 3.33. The lowest BCUT2D eigenvalue weighted by molar-refractivity contribution is 0.0533. The van der Waals surface area contributed by atoms with Gasteiger partial charge in [0.25, 0.3) is 0 Å². The number of carbonyl (C=O) groups is 2. The van der Waals surface area contributed by atoms with Gasteiger partial charge < -0.3 is 14.2 Å². The second-order valence-electron chi connectivity index (χ2n) is 7.77. The number of hydrogen-bond acceptors (Lipinski definition) is 7. The Kier molecular flexibility index (Phi) is 5.82. The Morgan fingerprint density at radius 2 is 2.03 bits per heavy atom. The zero-order chi connectivity index (χ0) is 22.0. The molecule has 8 heteroatoms. The van der Waals surface area contributed by atoms with Gasteiger partial charge in [-0.15, -0.1) is 11.3 Å². The van der Waals surface area contributed by atoms with Crippen molar-refractivity contribution in [2.45, 2.75) is 33.6 Å². The molecule has 162 valence electrons. The van der Waals surface area contributed by atoms with E-state index in [0.29, 0.717) is 34.0 Å². The highest BCUT2D eigenvalue weighted by atomic mass is 32.1. The van der Waals surface area contributed by atoms with E-state index in [1.807, 2.05) is 12.1 Å². The van der Waals surface area contributed by atoms with Gasteiger partial charge in [-0.1, -0.05) is 32.0 Å². The molecular formula is C23H24N2O5S. The Balaban J connectivity index is 1.72. The molecule has 0 saturated carbocycles. The molecule has 0 radical (unpaired) electrons. The summed E-state index contributed by atoms with van der Waals surface area (Å²) in [5.74, 6) is 0.554. The van der Waals surface area contributed by atoms with Crippen molar-refractivity contribution in [3.8, 4) is 11.5 Å². The number of thiophene rings is 1.